The highest BCUT2D eigenvalue weighted by Gasteiger charge is 2.25. The summed E-state index contributed by atoms with van der Waals surface area (Å²) in [4.78, 5) is 9.18. The lowest BCUT2D eigenvalue weighted by Gasteiger charge is -2.10. The van der Waals surface area contributed by atoms with Gasteiger partial charge in [-0.15, -0.1) is 0 Å². The zero-order valence-corrected chi connectivity index (χ0v) is 8.95. The van der Waals surface area contributed by atoms with Crippen LogP contribution in [0.1, 0.15) is 61.1 Å². The molecule has 2 aliphatic carbocycles. The largest absolute Gasteiger partial charge is 0.323 e. The second kappa shape index (κ2) is 3.56. The van der Waals surface area contributed by atoms with E-state index in [1.54, 1.807) is 0 Å². The maximum absolute atomic E-state index is 6.02. The number of aryl methyl sites for hydroxylation is 1. The van der Waals surface area contributed by atoms with E-state index in [2.05, 4.69) is 9.97 Å². The molecule has 0 saturated heterocycles. The van der Waals surface area contributed by atoms with Crippen LogP contribution in [0, 0.1) is 0 Å². The Kier molecular flexibility index (Phi) is 2.20. The van der Waals surface area contributed by atoms with Crippen LogP contribution in [0.3, 0.4) is 0 Å². The Morgan fingerprint density at radius 3 is 2.80 bits per heavy atom. The zero-order chi connectivity index (χ0) is 10.3. The van der Waals surface area contributed by atoms with Gasteiger partial charge in [0.1, 0.15) is 5.82 Å². The molecule has 1 aromatic rings. The van der Waals surface area contributed by atoms with Crippen LogP contribution < -0.4 is 5.73 Å². The molecule has 3 heteroatoms. The molecule has 1 atom stereocenters. The predicted molar refractivity (Wildman–Crippen MR) is 58.5 cm³/mol. The minimum absolute atomic E-state index is 0.156. The fraction of sp³-hybridized carbons (Fsp3) is 0.667. The highest BCUT2D eigenvalue weighted by Crippen LogP contribution is 2.34. The number of hydrogen-bond donors (Lipinski definition) is 1. The molecular weight excluding hydrogens is 186 g/mol. The number of aromatic nitrogens is 2. The lowest BCUT2D eigenvalue weighted by molar-refractivity contribution is 0.644. The molecule has 15 heavy (non-hydrogen) atoms. The number of fused-ring (bicyclic) bond motifs is 1. The lowest BCUT2D eigenvalue weighted by Crippen LogP contribution is -2.10. The van der Waals surface area contributed by atoms with Gasteiger partial charge >= 0.3 is 0 Å². The van der Waals surface area contributed by atoms with Gasteiger partial charge in [0.2, 0.25) is 0 Å². The normalized spacial score (nSPS) is 25.8. The minimum Gasteiger partial charge on any atom is -0.323 e. The molecule has 1 heterocycles. The summed E-state index contributed by atoms with van der Waals surface area (Å²) in [6, 6.07) is 0.156. The van der Waals surface area contributed by atoms with Crippen LogP contribution in [0.15, 0.2) is 6.20 Å². The first-order chi connectivity index (χ1) is 7.34. The van der Waals surface area contributed by atoms with Crippen LogP contribution in [0.5, 0.6) is 0 Å². The molecule has 2 N–H and O–H groups in total. The van der Waals surface area contributed by atoms with Crippen molar-refractivity contribution in [2.24, 2.45) is 5.73 Å². The topological polar surface area (TPSA) is 51.8 Å². The van der Waals surface area contributed by atoms with Crippen molar-refractivity contribution < 1.29 is 0 Å². The zero-order valence-electron chi connectivity index (χ0n) is 8.95. The molecule has 1 fully saturated rings. The first-order valence-electron chi connectivity index (χ1n) is 5.96. The predicted octanol–water partition coefficient (Wildman–Crippen LogP) is 2.08. The highest BCUT2D eigenvalue weighted by atomic mass is 14.9. The average Bonchev–Trinajstić information content (AvgIpc) is 2.88. The molecular formula is C12H17N3. The number of hydrogen-bond acceptors (Lipinski definition) is 3. The Morgan fingerprint density at radius 2 is 2.00 bits per heavy atom. The van der Waals surface area contributed by atoms with E-state index in [1.165, 1.54) is 31.2 Å². The summed E-state index contributed by atoms with van der Waals surface area (Å²) >= 11 is 0. The molecule has 0 amide bonds. The molecule has 1 saturated carbocycles. The van der Waals surface area contributed by atoms with E-state index >= 15 is 0 Å². The van der Waals surface area contributed by atoms with Crippen molar-refractivity contribution in [3.8, 4) is 0 Å². The average molecular weight is 203 g/mol. The Balaban J connectivity index is 1.94. The monoisotopic (exact) mass is 203 g/mol. The molecule has 2 aliphatic rings. The third kappa shape index (κ3) is 1.55. The van der Waals surface area contributed by atoms with Crippen LogP contribution in [0.25, 0.3) is 0 Å². The van der Waals surface area contributed by atoms with Crippen LogP contribution >= 0.6 is 0 Å². The van der Waals surface area contributed by atoms with Crippen molar-refractivity contribution in [1.82, 2.24) is 9.97 Å². The fourth-order valence-electron chi connectivity index (χ4n) is 2.78. The fourth-order valence-corrected chi connectivity index (χ4v) is 2.78. The van der Waals surface area contributed by atoms with Gasteiger partial charge in [0, 0.05) is 18.2 Å². The molecule has 3 nitrogen and oxygen atoms in total. The molecule has 0 bridgehead atoms. The lowest BCUT2D eigenvalue weighted by atomic mass is 10.1. The molecule has 3 rings (SSSR count). The van der Waals surface area contributed by atoms with Gasteiger partial charge in [0.05, 0.1) is 5.69 Å². The smallest absolute Gasteiger partial charge is 0.131 e. The maximum atomic E-state index is 6.02. The van der Waals surface area contributed by atoms with E-state index in [4.69, 9.17) is 5.73 Å². The van der Waals surface area contributed by atoms with Gasteiger partial charge in [-0.25, -0.2) is 9.97 Å². The van der Waals surface area contributed by atoms with Crippen molar-refractivity contribution in [2.75, 3.05) is 0 Å². The molecule has 0 aliphatic heterocycles. The summed E-state index contributed by atoms with van der Waals surface area (Å²) in [6.45, 7) is 0. The quantitative estimate of drug-likeness (QED) is 0.760. The molecule has 1 unspecified atom stereocenters. The summed E-state index contributed by atoms with van der Waals surface area (Å²) in [5.41, 5.74) is 8.41. The summed E-state index contributed by atoms with van der Waals surface area (Å²) in [7, 11) is 0. The van der Waals surface area contributed by atoms with Gasteiger partial charge in [-0.1, -0.05) is 12.8 Å². The first kappa shape index (κ1) is 9.28. The summed E-state index contributed by atoms with van der Waals surface area (Å²) in [6.07, 6.45) is 9.28. The first-order valence-corrected chi connectivity index (χ1v) is 5.96. The third-order valence-electron chi connectivity index (χ3n) is 3.71. The van der Waals surface area contributed by atoms with Crippen LogP contribution in [0.4, 0.5) is 0 Å². The molecule has 0 aromatic carbocycles. The van der Waals surface area contributed by atoms with Crippen LogP contribution in [-0.4, -0.2) is 9.97 Å². The molecule has 0 radical (unpaired) electrons. The van der Waals surface area contributed by atoms with Crippen molar-refractivity contribution in [3.63, 3.8) is 0 Å². The molecule has 1 aromatic heterocycles. The molecule has 0 spiro atoms. The van der Waals surface area contributed by atoms with Crippen molar-refractivity contribution in [3.05, 3.63) is 23.3 Å². The Bertz CT molecular complexity index is 369. The summed E-state index contributed by atoms with van der Waals surface area (Å²) in [5.74, 6) is 1.65. The second-order valence-corrected chi connectivity index (χ2v) is 4.77. The number of nitrogens with two attached hydrogens (primary N) is 1. The van der Waals surface area contributed by atoms with Crippen molar-refractivity contribution in [1.29, 1.82) is 0 Å². The Hall–Kier alpha value is -0.960. The Labute approximate surface area is 90.1 Å². The van der Waals surface area contributed by atoms with Gasteiger partial charge in [0.15, 0.2) is 0 Å². The highest BCUT2D eigenvalue weighted by molar-refractivity contribution is 5.26. The van der Waals surface area contributed by atoms with Gasteiger partial charge in [0.25, 0.3) is 0 Å². The Morgan fingerprint density at radius 1 is 1.20 bits per heavy atom. The van der Waals surface area contributed by atoms with E-state index in [-0.39, 0.29) is 6.04 Å². The van der Waals surface area contributed by atoms with Gasteiger partial charge < -0.3 is 5.73 Å². The van der Waals surface area contributed by atoms with E-state index in [9.17, 15) is 0 Å². The van der Waals surface area contributed by atoms with E-state index in [0.29, 0.717) is 5.92 Å². The number of nitrogens with zero attached hydrogens (tertiary/aromatic N) is 2. The third-order valence-corrected chi connectivity index (χ3v) is 3.71. The molecule has 80 valence electrons. The van der Waals surface area contributed by atoms with Gasteiger partial charge in [-0.05, 0) is 31.2 Å². The second-order valence-electron chi connectivity index (χ2n) is 4.77. The standard InChI is InChI=1S/C12H17N3/c13-10-6-5-9-7-14-12(15-11(9)10)8-3-1-2-4-8/h7-8,10H,1-6,13H2. The summed E-state index contributed by atoms with van der Waals surface area (Å²) in [5, 5.41) is 0. The number of rotatable bonds is 1. The summed E-state index contributed by atoms with van der Waals surface area (Å²) < 4.78 is 0. The SMILES string of the molecule is NC1CCc2cnc(C3CCCC3)nc21. The minimum atomic E-state index is 0.156. The van der Waals surface area contributed by atoms with Crippen molar-refractivity contribution in [2.45, 2.75) is 50.5 Å². The maximum Gasteiger partial charge on any atom is 0.131 e. The van der Waals surface area contributed by atoms with E-state index in [1.807, 2.05) is 6.20 Å². The van der Waals surface area contributed by atoms with Crippen LogP contribution in [-0.2, 0) is 6.42 Å². The van der Waals surface area contributed by atoms with E-state index in [0.717, 1.165) is 24.4 Å². The van der Waals surface area contributed by atoms with Crippen molar-refractivity contribution >= 4 is 0 Å². The van der Waals surface area contributed by atoms with Gasteiger partial charge in [-0.3, -0.25) is 0 Å². The van der Waals surface area contributed by atoms with Gasteiger partial charge in [-0.2, -0.15) is 0 Å². The van der Waals surface area contributed by atoms with Crippen LogP contribution in [0.2, 0.25) is 0 Å². The van der Waals surface area contributed by atoms with E-state index < -0.39 is 0 Å².